The molecule has 0 aliphatic carbocycles. The van der Waals surface area contributed by atoms with Gasteiger partial charge in [0.05, 0.1) is 6.61 Å². The Labute approximate surface area is 92.1 Å². The zero-order valence-corrected chi connectivity index (χ0v) is 9.96. The van der Waals surface area contributed by atoms with Crippen molar-refractivity contribution in [3.8, 4) is 5.75 Å². The van der Waals surface area contributed by atoms with Crippen LogP contribution in [-0.4, -0.2) is 18.3 Å². The highest BCUT2D eigenvalue weighted by Crippen LogP contribution is 2.25. The summed E-state index contributed by atoms with van der Waals surface area (Å²) in [5.41, 5.74) is 2.25. The van der Waals surface area contributed by atoms with Gasteiger partial charge in [0, 0.05) is 3.57 Å². The van der Waals surface area contributed by atoms with E-state index in [1.54, 1.807) is 0 Å². The Kier molecular flexibility index (Phi) is 3.99. The Hall–Kier alpha value is -0.290. The van der Waals surface area contributed by atoms with E-state index in [9.17, 15) is 0 Å². The molecule has 0 fully saturated rings. The van der Waals surface area contributed by atoms with Crippen LogP contribution in [0, 0.1) is 17.4 Å². The molecular formula is C10H13IO2. The zero-order valence-electron chi connectivity index (χ0n) is 7.80. The molecule has 0 atom stereocenters. The molecule has 0 bridgehead atoms. The number of rotatable bonds is 3. The zero-order chi connectivity index (χ0) is 9.84. The smallest absolute Gasteiger partial charge is 0.125 e. The average molecular weight is 292 g/mol. The van der Waals surface area contributed by atoms with Crippen molar-refractivity contribution in [3.05, 3.63) is 26.8 Å². The van der Waals surface area contributed by atoms with Crippen LogP contribution >= 0.6 is 22.6 Å². The van der Waals surface area contributed by atoms with Crippen LogP contribution in [-0.2, 0) is 0 Å². The largest absolute Gasteiger partial charge is 0.491 e. The number of aliphatic hydroxyl groups excluding tert-OH is 1. The van der Waals surface area contributed by atoms with Crippen LogP contribution in [0.3, 0.4) is 0 Å². The molecule has 0 saturated heterocycles. The summed E-state index contributed by atoms with van der Waals surface area (Å²) in [5.74, 6) is 0.898. The minimum atomic E-state index is 0.0604. The second-order valence-electron chi connectivity index (χ2n) is 2.94. The first kappa shape index (κ1) is 10.8. The molecule has 0 aromatic heterocycles. The van der Waals surface area contributed by atoms with Gasteiger partial charge in [-0.25, -0.2) is 0 Å². The average Bonchev–Trinajstić information content (AvgIpc) is 2.02. The van der Waals surface area contributed by atoms with E-state index < -0.39 is 0 Å². The molecule has 1 N–H and O–H groups in total. The van der Waals surface area contributed by atoms with Gasteiger partial charge in [-0.05, 0) is 59.7 Å². The summed E-state index contributed by atoms with van der Waals surface area (Å²) in [6.07, 6.45) is 0. The van der Waals surface area contributed by atoms with Crippen molar-refractivity contribution >= 4 is 22.6 Å². The molecule has 2 nitrogen and oxygen atoms in total. The van der Waals surface area contributed by atoms with E-state index in [4.69, 9.17) is 9.84 Å². The summed E-state index contributed by atoms with van der Waals surface area (Å²) >= 11 is 2.28. The van der Waals surface area contributed by atoms with Crippen molar-refractivity contribution < 1.29 is 9.84 Å². The predicted octanol–water partition coefficient (Wildman–Crippen LogP) is 2.28. The lowest BCUT2D eigenvalue weighted by molar-refractivity contribution is 0.200. The Morgan fingerprint density at radius 3 is 2.31 bits per heavy atom. The minimum absolute atomic E-state index is 0.0604. The number of aryl methyl sites for hydroxylation is 2. The lowest BCUT2D eigenvalue weighted by atomic mass is 10.1. The third kappa shape index (κ3) is 2.84. The third-order valence-corrected chi connectivity index (χ3v) is 2.39. The highest BCUT2D eigenvalue weighted by Gasteiger charge is 2.04. The SMILES string of the molecule is Cc1cc(I)cc(C)c1OCCO. The van der Waals surface area contributed by atoms with Gasteiger partial charge >= 0.3 is 0 Å². The molecule has 0 amide bonds. The quantitative estimate of drug-likeness (QED) is 0.866. The van der Waals surface area contributed by atoms with E-state index in [0.29, 0.717) is 6.61 Å². The molecule has 72 valence electrons. The Morgan fingerprint density at radius 1 is 1.31 bits per heavy atom. The number of hydrogen-bond donors (Lipinski definition) is 1. The Morgan fingerprint density at radius 2 is 1.85 bits per heavy atom. The lowest BCUT2D eigenvalue weighted by Gasteiger charge is -2.11. The number of ether oxygens (including phenoxy) is 1. The second-order valence-corrected chi connectivity index (χ2v) is 4.19. The lowest BCUT2D eigenvalue weighted by Crippen LogP contribution is -2.04. The molecule has 0 spiro atoms. The van der Waals surface area contributed by atoms with E-state index in [1.807, 2.05) is 13.8 Å². The normalized spacial score (nSPS) is 10.2. The van der Waals surface area contributed by atoms with Gasteiger partial charge in [-0.3, -0.25) is 0 Å². The number of halogens is 1. The Balaban J connectivity index is 2.92. The van der Waals surface area contributed by atoms with Crippen molar-refractivity contribution in [2.45, 2.75) is 13.8 Å². The molecule has 0 unspecified atom stereocenters. The fraction of sp³-hybridized carbons (Fsp3) is 0.400. The maximum atomic E-state index is 8.64. The standard InChI is InChI=1S/C10H13IO2/c1-7-5-9(11)6-8(2)10(7)13-4-3-12/h5-6,12H,3-4H2,1-2H3. The van der Waals surface area contributed by atoms with Crippen molar-refractivity contribution in [2.24, 2.45) is 0 Å². The van der Waals surface area contributed by atoms with Crippen LogP contribution in [0.2, 0.25) is 0 Å². The van der Waals surface area contributed by atoms with Crippen LogP contribution in [0.5, 0.6) is 5.75 Å². The Bertz CT molecular complexity index is 274. The summed E-state index contributed by atoms with van der Waals surface area (Å²) in [4.78, 5) is 0. The summed E-state index contributed by atoms with van der Waals surface area (Å²) < 4.78 is 6.63. The van der Waals surface area contributed by atoms with Crippen LogP contribution in [0.1, 0.15) is 11.1 Å². The van der Waals surface area contributed by atoms with Gasteiger partial charge in [-0.2, -0.15) is 0 Å². The van der Waals surface area contributed by atoms with Gasteiger partial charge in [0.1, 0.15) is 12.4 Å². The van der Waals surface area contributed by atoms with Crippen LogP contribution in [0.15, 0.2) is 12.1 Å². The molecule has 0 radical (unpaired) electrons. The summed E-state index contributed by atoms with van der Waals surface area (Å²) in [5, 5.41) is 8.64. The first-order valence-electron chi connectivity index (χ1n) is 4.15. The van der Waals surface area contributed by atoms with Crippen molar-refractivity contribution in [2.75, 3.05) is 13.2 Å². The van der Waals surface area contributed by atoms with Gasteiger partial charge in [0.25, 0.3) is 0 Å². The fourth-order valence-electron chi connectivity index (χ4n) is 1.27. The first-order chi connectivity index (χ1) is 6.15. The van der Waals surface area contributed by atoms with E-state index in [1.165, 1.54) is 3.57 Å². The second kappa shape index (κ2) is 4.81. The molecule has 1 rings (SSSR count). The molecule has 1 aromatic carbocycles. The van der Waals surface area contributed by atoms with Crippen molar-refractivity contribution in [3.63, 3.8) is 0 Å². The maximum Gasteiger partial charge on any atom is 0.125 e. The monoisotopic (exact) mass is 292 g/mol. The topological polar surface area (TPSA) is 29.5 Å². The molecule has 0 heterocycles. The molecule has 0 saturated carbocycles. The summed E-state index contributed by atoms with van der Waals surface area (Å²) in [6, 6.07) is 4.14. The highest BCUT2D eigenvalue weighted by atomic mass is 127. The molecule has 0 aliphatic rings. The van der Waals surface area contributed by atoms with E-state index in [-0.39, 0.29) is 6.61 Å². The fourth-order valence-corrected chi connectivity index (χ4v) is 2.21. The van der Waals surface area contributed by atoms with Gasteiger partial charge in [-0.15, -0.1) is 0 Å². The van der Waals surface area contributed by atoms with Crippen LogP contribution in [0.25, 0.3) is 0 Å². The minimum Gasteiger partial charge on any atom is -0.491 e. The summed E-state index contributed by atoms with van der Waals surface area (Å²) in [6.45, 7) is 4.46. The third-order valence-electron chi connectivity index (χ3n) is 1.76. The van der Waals surface area contributed by atoms with Crippen LogP contribution in [0.4, 0.5) is 0 Å². The maximum absolute atomic E-state index is 8.64. The van der Waals surface area contributed by atoms with E-state index in [0.717, 1.165) is 16.9 Å². The van der Waals surface area contributed by atoms with Gasteiger partial charge in [0.2, 0.25) is 0 Å². The van der Waals surface area contributed by atoms with Gasteiger partial charge in [-0.1, -0.05) is 0 Å². The number of benzene rings is 1. The van der Waals surface area contributed by atoms with Gasteiger partial charge in [0.15, 0.2) is 0 Å². The van der Waals surface area contributed by atoms with Crippen molar-refractivity contribution in [1.82, 2.24) is 0 Å². The molecule has 13 heavy (non-hydrogen) atoms. The highest BCUT2D eigenvalue weighted by molar-refractivity contribution is 14.1. The van der Waals surface area contributed by atoms with Crippen LogP contribution < -0.4 is 4.74 Å². The molecule has 1 aromatic rings. The predicted molar refractivity (Wildman–Crippen MR) is 61.2 cm³/mol. The number of aliphatic hydroxyl groups is 1. The molecule has 0 aliphatic heterocycles. The van der Waals surface area contributed by atoms with Crippen molar-refractivity contribution in [1.29, 1.82) is 0 Å². The van der Waals surface area contributed by atoms with E-state index >= 15 is 0 Å². The van der Waals surface area contributed by atoms with E-state index in [2.05, 4.69) is 34.7 Å². The molecular weight excluding hydrogens is 279 g/mol. The van der Waals surface area contributed by atoms with Gasteiger partial charge < -0.3 is 9.84 Å². The first-order valence-corrected chi connectivity index (χ1v) is 5.23. The summed E-state index contributed by atoms with van der Waals surface area (Å²) in [7, 11) is 0. The number of hydrogen-bond acceptors (Lipinski definition) is 2. The molecule has 3 heteroatoms.